The lowest BCUT2D eigenvalue weighted by molar-refractivity contribution is -0.120. The van der Waals surface area contributed by atoms with Gasteiger partial charge in [0.05, 0.1) is 0 Å². The first-order chi connectivity index (χ1) is 7.24. The standard InChI is InChI=1S/C14H18O/c1-11-3-2-4-13(9-11)10-12-5-7-14(15)8-6-12/h2-4,9,12H,5-8,10H2,1H3. The molecule has 0 unspecified atom stereocenters. The van der Waals surface area contributed by atoms with Gasteiger partial charge < -0.3 is 0 Å². The van der Waals surface area contributed by atoms with E-state index in [1.165, 1.54) is 11.1 Å². The number of Topliss-reactive ketones (excluding diaryl/α,β-unsaturated/α-hetero) is 1. The molecular weight excluding hydrogens is 184 g/mol. The molecule has 1 aromatic carbocycles. The smallest absolute Gasteiger partial charge is 0.132 e. The van der Waals surface area contributed by atoms with Crippen molar-refractivity contribution in [3.8, 4) is 0 Å². The monoisotopic (exact) mass is 202 g/mol. The van der Waals surface area contributed by atoms with Gasteiger partial charge in [0.15, 0.2) is 0 Å². The summed E-state index contributed by atoms with van der Waals surface area (Å²) in [5.41, 5.74) is 2.76. The van der Waals surface area contributed by atoms with Gasteiger partial charge >= 0.3 is 0 Å². The molecule has 0 heterocycles. The predicted octanol–water partition coefficient (Wildman–Crippen LogP) is 3.30. The Kier molecular flexibility index (Phi) is 3.20. The van der Waals surface area contributed by atoms with Gasteiger partial charge in [0.25, 0.3) is 0 Å². The zero-order valence-corrected chi connectivity index (χ0v) is 9.33. The molecule has 1 aliphatic carbocycles. The average molecular weight is 202 g/mol. The van der Waals surface area contributed by atoms with E-state index in [1.54, 1.807) is 0 Å². The summed E-state index contributed by atoms with van der Waals surface area (Å²) >= 11 is 0. The molecule has 0 saturated heterocycles. The molecule has 2 rings (SSSR count). The van der Waals surface area contributed by atoms with E-state index in [-0.39, 0.29) is 0 Å². The second-order valence-corrected chi connectivity index (χ2v) is 4.68. The highest BCUT2D eigenvalue weighted by atomic mass is 16.1. The minimum atomic E-state index is 0.454. The Labute approximate surface area is 91.5 Å². The Bertz CT molecular complexity index is 344. The van der Waals surface area contributed by atoms with Crippen molar-refractivity contribution in [2.45, 2.75) is 39.0 Å². The Morgan fingerprint density at radius 2 is 2.00 bits per heavy atom. The Morgan fingerprint density at radius 1 is 1.27 bits per heavy atom. The molecule has 1 aliphatic rings. The lowest BCUT2D eigenvalue weighted by Crippen LogP contribution is -2.15. The average Bonchev–Trinajstić information content (AvgIpc) is 2.22. The summed E-state index contributed by atoms with van der Waals surface area (Å²) < 4.78 is 0. The molecule has 0 amide bonds. The van der Waals surface area contributed by atoms with Crippen LogP contribution in [0, 0.1) is 12.8 Å². The third-order valence-corrected chi connectivity index (χ3v) is 3.27. The normalized spacial score (nSPS) is 18.1. The van der Waals surface area contributed by atoms with Crippen LogP contribution in [0.1, 0.15) is 36.8 Å². The minimum Gasteiger partial charge on any atom is -0.300 e. The SMILES string of the molecule is Cc1cccc(CC2CCC(=O)CC2)c1. The van der Waals surface area contributed by atoms with Crippen LogP contribution >= 0.6 is 0 Å². The highest BCUT2D eigenvalue weighted by molar-refractivity contribution is 5.79. The molecule has 1 nitrogen and oxygen atoms in total. The number of benzene rings is 1. The molecule has 1 saturated carbocycles. The van der Waals surface area contributed by atoms with Crippen LogP contribution in [0.25, 0.3) is 0 Å². The van der Waals surface area contributed by atoms with E-state index in [0.717, 1.165) is 38.0 Å². The van der Waals surface area contributed by atoms with Crippen LogP contribution in [-0.2, 0) is 11.2 Å². The molecule has 0 atom stereocenters. The second-order valence-electron chi connectivity index (χ2n) is 4.68. The van der Waals surface area contributed by atoms with Gasteiger partial charge in [-0.15, -0.1) is 0 Å². The van der Waals surface area contributed by atoms with Gasteiger partial charge in [0, 0.05) is 12.8 Å². The molecule has 80 valence electrons. The van der Waals surface area contributed by atoms with E-state index in [0.29, 0.717) is 5.78 Å². The summed E-state index contributed by atoms with van der Waals surface area (Å²) in [5, 5.41) is 0. The van der Waals surface area contributed by atoms with Crippen molar-refractivity contribution >= 4 is 5.78 Å². The molecule has 0 aromatic heterocycles. The molecule has 0 aliphatic heterocycles. The highest BCUT2D eigenvalue weighted by Crippen LogP contribution is 2.25. The lowest BCUT2D eigenvalue weighted by atomic mass is 9.84. The molecule has 0 N–H and O–H groups in total. The fourth-order valence-electron chi connectivity index (χ4n) is 2.38. The topological polar surface area (TPSA) is 17.1 Å². The molecule has 15 heavy (non-hydrogen) atoms. The molecule has 0 bridgehead atoms. The van der Waals surface area contributed by atoms with Crippen LogP contribution in [0.5, 0.6) is 0 Å². The van der Waals surface area contributed by atoms with E-state index in [4.69, 9.17) is 0 Å². The Morgan fingerprint density at radius 3 is 2.67 bits per heavy atom. The van der Waals surface area contributed by atoms with Gasteiger partial charge in [-0.25, -0.2) is 0 Å². The maximum absolute atomic E-state index is 11.1. The maximum Gasteiger partial charge on any atom is 0.132 e. The maximum atomic E-state index is 11.1. The summed E-state index contributed by atoms with van der Waals surface area (Å²) in [6.45, 7) is 2.13. The van der Waals surface area contributed by atoms with Gasteiger partial charge in [-0.05, 0) is 37.7 Å². The first-order valence-corrected chi connectivity index (χ1v) is 5.81. The van der Waals surface area contributed by atoms with Crippen LogP contribution in [0.15, 0.2) is 24.3 Å². The Balaban J connectivity index is 1.94. The first-order valence-electron chi connectivity index (χ1n) is 5.81. The van der Waals surface area contributed by atoms with Crippen molar-refractivity contribution < 1.29 is 4.79 Å². The van der Waals surface area contributed by atoms with Crippen LogP contribution in [0.4, 0.5) is 0 Å². The summed E-state index contributed by atoms with van der Waals surface area (Å²) in [6, 6.07) is 8.71. The van der Waals surface area contributed by atoms with Crippen molar-refractivity contribution in [2.75, 3.05) is 0 Å². The second kappa shape index (κ2) is 4.61. The van der Waals surface area contributed by atoms with Crippen LogP contribution in [-0.4, -0.2) is 5.78 Å². The molecule has 1 fully saturated rings. The zero-order valence-electron chi connectivity index (χ0n) is 9.33. The summed E-state index contributed by atoms with van der Waals surface area (Å²) in [7, 11) is 0. The zero-order chi connectivity index (χ0) is 10.7. The van der Waals surface area contributed by atoms with Gasteiger partial charge in [-0.2, -0.15) is 0 Å². The third-order valence-electron chi connectivity index (χ3n) is 3.27. The predicted molar refractivity (Wildman–Crippen MR) is 61.8 cm³/mol. The molecule has 0 spiro atoms. The number of ketones is 1. The summed E-state index contributed by atoms with van der Waals surface area (Å²) in [6.07, 6.45) is 4.93. The van der Waals surface area contributed by atoms with E-state index in [9.17, 15) is 4.79 Å². The number of carbonyl (C=O) groups is 1. The Hall–Kier alpha value is -1.11. The minimum absolute atomic E-state index is 0.454. The van der Waals surface area contributed by atoms with E-state index >= 15 is 0 Å². The van der Waals surface area contributed by atoms with Crippen molar-refractivity contribution in [2.24, 2.45) is 5.92 Å². The van der Waals surface area contributed by atoms with Crippen LogP contribution in [0.2, 0.25) is 0 Å². The van der Waals surface area contributed by atoms with Gasteiger partial charge in [-0.1, -0.05) is 29.8 Å². The first kappa shape index (κ1) is 10.4. The number of rotatable bonds is 2. The number of aryl methyl sites for hydroxylation is 1. The van der Waals surface area contributed by atoms with Crippen molar-refractivity contribution in [1.82, 2.24) is 0 Å². The largest absolute Gasteiger partial charge is 0.300 e. The summed E-state index contributed by atoms with van der Waals surface area (Å²) in [4.78, 5) is 11.1. The number of hydrogen-bond acceptors (Lipinski definition) is 1. The van der Waals surface area contributed by atoms with E-state index in [1.807, 2.05) is 0 Å². The highest BCUT2D eigenvalue weighted by Gasteiger charge is 2.18. The fourth-order valence-corrected chi connectivity index (χ4v) is 2.38. The number of hydrogen-bond donors (Lipinski definition) is 0. The molecule has 0 radical (unpaired) electrons. The van der Waals surface area contributed by atoms with E-state index < -0.39 is 0 Å². The van der Waals surface area contributed by atoms with Crippen LogP contribution < -0.4 is 0 Å². The quantitative estimate of drug-likeness (QED) is 0.719. The molecular formula is C14H18O. The number of carbonyl (C=O) groups excluding carboxylic acids is 1. The fraction of sp³-hybridized carbons (Fsp3) is 0.500. The lowest BCUT2D eigenvalue weighted by Gasteiger charge is -2.20. The van der Waals surface area contributed by atoms with Crippen molar-refractivity contribution in [1.29, 1.82) is 0 Å². The summed E-state index contributed by atoms with van der Waals surface area (Å²) in [5.74, 6) is 1.18. The van der Waals surface area contributed by atoms with Crippen LogP contribution in [0.3, 0.4) is 0 Å². The van der Waals surface area contributed by atoms with Crippen molar-refractivity contribution in [3.63, 3.8) is 0 Å². The van der Waals surface area contributed by atoms with Gasteiger partial charge in [0.2, 0.25) is 0 Å². The van der Waals surface area contributed by atoms with Gasteiger partial charge in [-0.3, -0.25) is 4.79 Å². The molecule has 1 heteroatoms. The van der Waals surface area contributed by atoms with Gasteiger partial charge in [0.1, 0.15) is 5.78 Å². The molecule has 1 aromatic rings. The van der Waals surface area contributed by atoms with E-state index in [2.05, 4.69) is 31.2 Å². The third kappa shape index (κ3) is 2.92. The van der Waals surface area contributed by atoms with Crippen molar-refractivity contribution in [3.05, 3.63) is 35.4 Å².